The maximum atomic E-state index is 13.1. The molecule has 0 unspecified atom stereocenters. The minimum atomic E-state index is -0.416. The number of likely N-dealkylation sites (N-methyl/N-ethyl adjacent to an activating group) is 1. The molecule has 3 fully saturated rings. The highest BCUT2D eigenvalue weighted by Crippen LogP contribution is 2.66. The molecule has 0 saturated heterocycles. The van der Waals surface area contributed by atoms with E-state index < -0.39 is 11.8 Å². The number of imide groups is 1. The van der Waals surface area contributed by atoms with Crippen LogP contribution in [0, 0.1) is 34.5 Å². The number of nitrogens with zero attached hydrogens (tertiary/aromatic N) is 1. The number of rotatable bonds is 3. The predicted octanol–water partition coefficient (Wildman–Crippen LogP) is 4.15. The van der Waals surface area contributed by atoms with E-state index in [9.17, 15) is 19.2 Å². The first kappa shape index (κ1) is 23.4. The van der Waals surface area contributed by atoms with Crippen molar-refractivity contribution in [2.75, 3.05) is 12.4 Å². The van der Waals surface area contributed by atoms with Crippen LogP contribution in [0.25, 0.3) is 0 Å². The minimum Gasteiger partial charge on any atom is -0.338 e. The number of fused-ring (bicyclic) bond motifs is 6. The average molecular weight is 490 g/mol. The highest BCUT2D eigenvalue weighted by molar-refractivity contribution is 6.22. The van der Waals surface area contributed by atoms with E-state index >= 15 is 0 Å². The molecule has 7 heteroatoms. The van der Waals surface area contributed by atoms with Gasteiger partial charge in [0.15, 0.2) is 0 Å². The molecule has 3 aliphatic carbocycles. The smallest absolute Gasteiger partial charge is 0.259 e. The molecule has 0 radical (unpaired) electrons. The SMILES string of the molecule is CN1C(=O)C=C[C@]2(C)[C@H]3CC[C@]4(C)[C@@H](CC(=O)Nc5ccc6c(c5)C(=O)NC6=O)CC[C@H]4[C@@H]3CC[C@@H]12. The third-order valence-electron chi connectivity index (χ3n) is 10.8. The zero-order valence-electron chi connectivity index (χ0n) is 21.3. The van der Waals surface area contributed by atoms with E-state index in [2.05, 4.69) is 30.6 Å². The van der Waals surface area contributed by atoms with Gasteiger partial charge in [0.05, 0.1) is 11.1 Å². The Bertz CT molecular complexity index is 1210. The maximum Gasteiger partial charge on any atom is 0.259 e. The molecule has 7 atom stereocenters. The molecule has 0 spiro atoms. The monoisotopic (exact) mass is 489 g/mol. The molecular weight excluding hydrogens is 454 g/mol. The summed E-state index contributed by atoms with van der Waals surface area (Å²) >= 11 is 0. The molecule has 4 amide bonds. The van der Waals surface area contributed by atoms with Crippen LogP contribution in [-0.4, -0.2) is 41.6 Å². The van der Waals surface area contributed by atoms with Gasteiger partial charge in [-0.1, -0.05) is 19.9 Å². The fourth-order valence-corrected chi connectivity index (χ4v) is 8.86. The second-order valence-electron chi connectivity index (χ2n) is 12.2. The standard InChI is InChI=1S/C29H35N3O4/c1-28-12-10-22-19(7-9-23-29(22,2)13-11-25(34)32(23)3)21(28)8-4-16(28)14-24(33)30-17-5-6-18-20(15-17)27(36)31-26(18)35/h5-6,11,13,15-16,19,21-23H,4,7-10,12,14H2,1-3H3,(H,30,33)(H,31,35,36)/t16-,19+,21+,22+,23-,28-,29-/m1/s1. The second kappa shape index (κ2) is 8.02. The van der Waals surface area contributed by atoms with E-state index in [4.69, 9.17) is 0 Å². The van der Waals surface area contributed by atoms with Gasteiger partial charge in [-0.15, -0.1) is 0 Å². The van der Waals surface area contributed by atoms with Gasteiger partial charge in [0, 0.05) is 30.6 Å². The van der Waals surface area contributed by atoms with Crippen molar-refractivity contribution >= 4 is 29.3 Å². The van der Waals surface area contributed by atoms with Crippen LogP contribution in [0.15, 0.2) is 30.4 Å². The van der Waals surface area contributed by atoms with Crippen LogP contribution in [-0.2, 0) is 9.59 Å². The van der Waals surface area contributed by atoms with Crippen molar-refractivity contribution in [2.24, 2.45) is 34.5 Å². The minimum absolute atomic E-state index is 0.0281. The highest BCUT2D eigenvalue weighted by Gasteiger charge is 2.60. The Morgan fingerprint density at radius 2 is 1.81 bits per heavy atom. The summed E-state index contributed by atoms with van der Waals surface area (Å²) in [4.78, 5) is 51.2. The van der Waals surface area contributed by atoms with Gasteiger partial charge in [0.25, 0.3) is 11.8 Å². The van der Waals surface area contributed by atoms with Gasteiger partial charge in [0.1, 0.15) is 0 Å². The summed E-state index contributed by atoms with van der Waals surface area (Å²) in [6.07, 6.45) is 11.2. The van der Waals surface area contributed by atoms with Crippen molar-refractivity contribution in [3.05, 3.63) is 41.5 Å². The Morgan fingerprint density at radius 3 is 2.61 bits per heavy atom. The van der Waals surface area contributed by atoms with Crippen LogP contribution in [0.2, 0.25) is 0 Å². The number of carbonyl (C=O) groups is 4. The fraction of sp³-hybridized carbons (Fsp3) is 0.586. The summed E-state index contributed by atoms with van der Waals surface area (Å²) in [6, 6.07) is 5.17. The van der Waals surface area contributed by atoms with E-state index in [-0.39, 0.29) is 28.7 Å². The van der Waals surface area contributed by atoms with Crippen molar-refractivity contribution < 1.29 is 19.2 Å². The molecule has 1 aromatic rings. The number of nitrogens with one attached hydrogen (secondary N) is 2. The highest BCUT2D eigenvalue weighted by atomic mass is 16.2. The Hall–Kier alpha value is -2.96. The number of hydrogen-bond acceptors (Lipinski definition) is 4. The Kier molecular flexibility index (Phi) is 5.22. The first-order valence-corrected chi connectivity index (χ1v) is 13.4. The van der Waals surface area contributed by atoms with Gasteiger partial charge in [-0.2, -0.15) is 0 Å². The summed E-state index contributed by atoms with van der Waals surface area (Å²) in [5.41, 5.74) is 1.40. The van der Waals surface area contributed by atoms with Crippen molar-refractivity contribution in [1.29, 1.82) is 0 Å². The lowest BCUT2D eigenvalue weighted by Crippen LogP contribution is -2.59. The molecule has 5 aliphatic rings. The molecule has 2 aliphatic heterocycles. The van der Waals surface area contributed by atoms with Gasteiger partial charge in [-0.3, -0.25) is 24.5 Å². The average Bonchev–Trinajstić information content (AvgIpc) is 3.32. The molecule has 0 bridgehead atoms. The van der Waals surface area contributed by atoms with Crippen molar-refractivity contribution in [3.63, 3.8) is 0 Å². The van der Waals surface area contributed by atoms with Gasteiger partial charge in [0.2, 0.25) is 11.8 Å². The Morgan fingerprint density at radius 1 is 1.03 bits per heavy atom. The van der Waals surface area contributed by atoms with E-state index in [0.29, 0.717) is 46.9 Å². The van der Waals surface area contributed by atoms with E-state index in [1.54, 1.807) is 24.3 Å². The third kappa shape index (κ3) is 3.31. The largest absolute Gasteiger partial charge is 0.338 e. The van der Waals surface area contributed by atoms with Crippen LogP contribution in [0.3, 0.4) is 0 Å². The molecule has 1 aromatic carbocycles. The Balaban J connectivity index is 1.16. The van der Waals surface area contributed by atoms with Gasteiger partial charge in [-0.25, -0.2) is 0 Å². The van der Waals surface area contributed by atoms with Gasteiger partial charge in [-0.05, 0) is 91.9 Å². The first-order chi connectivity index (χ1) is 17.1. The number of benzene rings is 1. The number of hydrogen-bond donors (Lipinski definition) is 2. The van der Waals surface area contributed by atoms with Crippen LogP contribution < -0.4 is 10.6 Å². The summed E-state index contributed by atoms with van der Waals surface area (Å²) in [5.74, 6) is 1.45. The van der Waals surface area contributed by atoms with E-state index in [1.165, 1.54) is 0 Å². The molecular formula is C29H35N3O4. The van der Waals surface area contributed by atoms with Crippen LogP contribution >= 0.6 is 0 Å². The van der Waals surface area contributed by atoms with Crippen molar-refractivity contribution in [2.45, 2.75) is 64.8 Å². The predicted molar refractivity (Wildman–Crippen MR) is 135 cm³/mol. The Labute approximate surface area is 212 Å². The van der Waals surface area contributed by atoms with Gasteiger partial charge >= 0.3 is 0 Å². The summed E-state index contributed by atoms with van der Waals surface area (Å²) < 4.78 is 0. The fourth-order valence-electron chi connectivity index (χ4n) is 8.86. The molecule has 2 heterocycles. The lowest BCUT2D eigenvalue weighted by atomic mass is 9.47. The van der Waals surface area contributed by atoms with Gasteiger partial charge < -0.3 is 10.2 Å². The molecule has 3 saturated carbocycles. The molecule has 0 aromatic heterocycles. The first-order valence-electron chi connectivity index (χ1n) is 13.4. The lowest BCUT2D eigenvalue weighted by Gasteiger charge is -2.60. The molecule has 6 rings (SSSR count). The van der Waals surface area contributed by atoms with Crippen LogP contribution in [0.4, 0.5) is 5.69 Å². The molecule has 190 valence electrons. The normalized spacial score (nSPS) is 38.7. The summed E-state index contributed by atoms with van der Waals surface area (Å²) in [7, 11) is 1.96. The topological polar surface area (TPSA) is 95.6 Å². The number of amides is 4. The van der Waals surface area contributed by atoms with E-state index in [1.807, 2.05) is 11.9 Å². The molecule has 7 nitrogen and oxygen atoms in total. The zero-order valence-corrected chi connectivity index (χ0v) is 21.3. The lowest BCUT2D eigenvalue weighted by molar-refractivity contribution is -0.139. The van der Waals surface area contributed by atoms with Crippen LogP contribution in [0.5, 0.6) is 0 Å². The number of carbonyl (C=O) groups excluding carboxylic acids is 4. The van der Waals surface area contributed by atoms with Crippen molar-refractivity contribution in [1.82, 2.24) is 10.2 Å². The summed E-state index contributed by atoms with van der Waals surface area (Å²) in [5, 5.41) is 5.27. The molecule has 36 heavy (non-hydrogen) atoms. The number of anilines is 1. The zero-order chi connectivity index (χ0) is 25.4. The molecule has 2 N–H and O–H groups in total. The van der Waals surface area contributed by atoms with E-state index in [0.717, 1.165) is 38.5 Å². The van der Waals surface area contributed by atoms with Crippen LogP contribution in [0.1, 0.15) is 79.5 Å². The third-order valence-corrected chi connectivity index (χ3v) is 10.8. The quantitative estimate of drug-likeness (QED) is 0.624. The summed E-state index contributed by atoms with van der Waals surface area (Å²) in [6.45, 7) is 4.77. The second-order valence-corrected chi connectivity index (χ2v) is 12.2. The maximum absolute atomic E-state index is 13.1. The van der Waals surface area contributed by atoms with Crippen molar-refractivity contribution in [3.8, 4) is 0 Å².